The van der Waals surface area contributed by atoms with Crippen molar-refractivity contribution < 1.29 is 4.79 Å². The quantitative estimate of drug-likeness (QED) is 0.268. The summed E-state index contributed by atoms with van der Waals surface area (Å²) in [6, 6.07) is 8.07. The van der Waals surface area contributed by atoms with Gasteiger partial charge in [0, 0.05) is 70.4 Å². The molecule has 0 saturated carbocycles. The molecule has 2 atom stereocenters. The highest BCUT2D eigenvalue weighted by Gasteiger charge is 2.24. The lowest BCUT2D eigenvalue weighted by Crippen LogP contribution is -2.47. The molecular formula is C23H39IN6O. The van der Waals surface area contributed by atoms with Crippen LogP contribution in [0.4, 0.5) is 5.69 Å². The zero-order chi connectivity index (χ0) is 21.3. The molecule has 8 heteroatoms. The third kappa shape index (κ3) is 7.91. The number of benzene rings is 1. The van der Waals surface area contributed by atoms with Crippen LogP contribution in [-0.4, -0.2) is 80.6 Å². The molecule has 31 heavy (non-hydrogen) atoms. The van der Waals surface area contributed by atoms with E-state index in [-0.39, 0.29) is 35.8 Å². The molecule has 0 bridgehead atoms. The Morgan fingerprint density at radius 3 is 2.58 bits per heavy atom. The maximum absolute atomic E-state index is 12.1. The largest absolute Gasteiger partial charge is 0.357 e. The third-order valence-electron chi connectivity index (χ3n) is 6.01. The summed E-state index contributed by atoms with van der Waals surface area (Å²) >= 11 is 0. The summed E-state index contributed by atoms with van der Waals surface area (Å²) in [5.74, 6) is 1.59. The van der Waals surface area contributed by atoms with E-state index in [9.17, 15) is 4.79 Å². The predicted octanol–water partition coefficient (Wildman–Crippen LogP) is 2.56. The van der Waals surface area contributed by atoms with Crippen molar-refractivity contribution in [1.29, 1.82) is 0 Å². The van der Waals surface area contributed by atoms with Gasteiger partial charge in [-0.2, -0.15) is 0 Å². The fourth-order valence-electron chi connectivity index (χ4n) is 4.28. The van der Waals surface area contributed by atoms with Crippen LogP contribution in [-0.2, 0) is 4.79 Å². The van der Waals surface area contributed by atoms with Gasteiger partial charge in [-0.3, -0.25) is 9.79 Å². The zero-order valence-corrected chi connectivity index (χ0v) is 21.5. The number of amides is 1. The lowest BCUT2D eigenvalue weighted by atomic mass is 9.90. The Morgan fingerprint density at radius 1 is 1.16 bits per heavy atom. The van der Waals surface area contributed by atoms with Crippen molar-refractivity contribution in [2.24, 2.45) is 10.9 Å². The van der Waals surface area contributed by atoms with Gasteiger partial charge in [-0.25, -0.2) is 0 Å². The van der Waals surface area contributed by atoms with Gasteiger partial charge in [-0.15, -0.1) is 24.0 Å². The summed E-state index contributed by atoms with van der Waals surface area (Å²) in [4.78, 5) is 22.0. The summed E-state index contributed by atoms with van der Waals surface area (Å²) in [7, 11) is 0. The Labute approximate surface area is 204 Å². The maximum Gasteiger partial charge on any atom is 0.225 e. The summed E-state index contributed by atoms with van der Waals surface area (Å²) in [6.07, 6.45) is 0.504. The number of guanidine groups is 1. The number of likely N-dealkylation sites (N-methyl/N-ethyl adjacent to an activating group) is 1. The van der Waals surface area contributed by atoms with Gasteiger partial charge in [0.1, 0.15) is 0 Å². The molecule has 1 amide bonds. The number of rotatable bonds is 8. The van der Waals surface area contributed by atoms with Crippen molar-refractivity contribution in [2.45, 2.75) is 33.1 Å². The normalized spacial score (nSPS) is 20.9. The van der Waals surface area contributed by atoms with Gasteiger partial charge < -0.3 is 25.8 Å². The average molecular weight is 543 g/mol. The number of halogens is 1. The van der Waals surface area contributed by atoms with Crippen molar-refractivity contribution in [3.05, 3.63) is 29.8 Å². The number of anilines is 1. The number of nitrogens with one attached hydrogen (secondary N) is 3. The van der Waals surface area contributed by atoms with E-state index < -0.39 is 0 Å². The Kier molecular flexibility index (Phi) is 11.0. The second-order valence-electron chi connectivity index (χ2n) is 8.48. The fraction of sp³-hybridized carbons (Fsp3) is 0.652. The first-order valence-corrected chi connectivity index (χ1v) is 11.4. The topological polar surface area (TPSA) is 72.0 Å². The van der Waals surface area contributed by atoms with Crippen LogP contribution in [0.2, 0.25) is 0 Å². The van der Waals surface area contributed by atoms with E-state index in [1.54, 1.807) is 0 Å². The number of carbonyl (C=O) groups excluding carboxylic acids is 1. The zero-order valence-electron chi connectivity index (χ0n) is 19.2. The van der Waals surface area contributed by atoms with E-state index in [2.05, 4.69) is 52.6 Å². The minimum absolute atomic E-state index is 0. The molecule has 0 aliphatic carbocycles. The molecule has 0 aromatic heterocycles. The van der Waals surface area contributed by atoms with Crippen LogP contribution >= 0.6 is 24.0 Å². The molecule has 2 heterocycles. The van der Waals surface area contributed by atoms with Crippen LogP contribution in [0.5, 0.6) is 0 Å². The van der Waals surface area contributed by atoms with E-state index in [4.69, 9.17) is 4.99 Å². The van der Waals surface area contributed by atoms with E-state index in [1.165, 1.54) is 18.7 Å². The van der Waals surface area contributed by atoms with Crippen LogP contribution in [0.1, 0.15) is 38.7 Å². The Bertz CT molecular complexity index is 720. The first kappa shape index (κ1) is 25.9. The number of fused-ring (bicyclic) bond motifs is 1. The van der Waals surface area contributed by atoms with Gasteiger partial charge in [0.25, 0.3) is 0 Å². The minimum Gasteiger partial charge on any atom is -0.357 e. The van der Waals surface area contributed by atoms with E-state index in [0.717, 1.165) is 50.9 Å². The van der Waals surface area contributed by atoms with E-state index >= 15 is 0 Å². The molecule has 3 N–H and O–H groups in total. The number of carbonyl (C=O) groups is 1. The number of hydrogen-bond donors (Lipinski definition) is 3. The van der Waals surface area contributed by atoms with Crippen molar-refractivity contribution in [2.75, 3.05) is 64.2 Å². The molecule has 1 aromatic rings. The second kappa shape index (κ2) is 13.2. The van der Waals surface area contributed by atoms with Gasteiger partial charge in [0.2, 0.25) is 5.91 Å². The molecule has 2 aliphatic heterocycles. The molecular weight excluding hydrogens is 503 g/mol. The molecule has 1 aromatic carbocycles. The first-order valence-electron chi connectivity index (χ1n) is 11.4. The number of hydrogen-bond acceptors (Lipinski definition) is 4. The summed E-state index contributed by atoms with van der Waals surface area (Å²) < 4.78 is 0. The Hall–Kier alpha value is -1.39. The molecule has 0 spiro atoms. The lowest BCUT2D eigenvalue weighted by Gasteiger charge is -2.35. The van der Waals surface area contributed by atoms with Crippen LogP contribution in [0.25, 0.3) is 0 Å². The number of piperazine rings is 1. The van der Waals surface area contributed by atoms with Gasteiger partial charge >= 0.3 is 0 Å². The average Bonchev–Trinajstić information content (AvgIpc) is 2.76. The SMILES string of the molecule is CCNC(=NCC(C)CN1CCN(CC)CC1)NCC1CC(=O)Nc2ccccc21.I. The Balaban J connectivity index is 0.00000341. The van der Waals surface area contributed by atoms with Crippen molar-refractivity contribution in [1.82, 2.24) is 20.4 Å². The maximum atomic E-state index is 12.1. The first-order chi connectivity index (χ1) is 14.6. The van der Waals surface area contributed by atoms with Crippen LogP contribution in [0.3, 0.4) is 0 Å². The number of aliphatic imine (C=N–C) groups is 1. The highest BCUT2D eigenvalue weighted by Crippen LogP contribution is 2.31. The summed E-state index contributed by atoms with van der Waals surface area (Å²) in [5, 5.41) is 9.78. The molecule has 0 radical (unpaired) electrons. The predicted molar refractivity (Wildman–Crippen MR) is 140 cm³/mol. The monoisotopic (exact) mass is 542 g/mol. The van der Waals surface area contributed by atoms with Crippen molar-refractivity contribution in [3.63, 3.8) is 0 Å². The van der Waals surface area contributed by atoms with Crippen molar-refractivity contribution in [3.8, 4) is 0 Å². The molecule has 7 nitrogen and oxygen atoms in total. The highest BCUT2D eigenvalue weighted by molar-refractivity contribution is 14.0. The number of para-hydroxylation sites is 1. The third-order valence-corrected chi connectivity index (χ3v) is 6.01. The van der Waals surface area contributed by atoms with E-state index in [1.807, 2.05) is 18.2 Å². The van der Waals surface area contributed by atoms with Crippen LogP contribution in [0, 0.1) is 5.92 Å². The molecule has 2 aliphatic rings. The van der Waals surface area contributed by atoms with Gasteiger partial charge in [-0.1, -0.05) is 32.0 Å². The fourth-order valence-corrected chi connectivity index (χ4v) is 4.28. The smallest absolute Gasteiger partial charge is 0.225 e. The van der Waals surface area contributed by atoms with Gasteiger partial charge in [-0.05, 0) is 31.0 Å². The molecule has 1 saturated heterocycles. The highest BCUT2D eigenvalue weighted by atomic mass is 127. The standard InChI is InChI=1S/C23H38N6O.HI/c1-4-24-23(25-15-18(3)17-29-12-10-28(5-2)11-13-29)26-16-19-14-22(30)27-21-9-7-6-8-20(19)21;/h6-9,18-19H,4-5,10-17H2,1-3H3,(H,27,30)(H2,24,25,26);1H. The summed E-state index contributed by atoms with van der Waals surface area (Å²) in [6.45, 7) is 15.8. The Morgan fingerprint density at radius 2 is 1.87 bits per heavy atom. The summed E-state index contributed by atoms with van der Waals surface area (Å²) in [5.41, 5.74) is 2.12. The number of nitrogens with zero attached hydrogens (tertiary/aromatic N) is 3. The molecule has 174 valence electrons. The lowest BCUT2D eigenvalue weighted by molar-refractivity contribution is -0.116. The minimum atomic E-state index is 0. The van der Waals surface area contributed by atoms with Crippen LogP contribution < -0.4 is 16.0 Å². The van der Waals surface area contributed by atoms with Crippen molar-refractivity contribution >= 4 is 41.5 Å². The van der Waals surface area contributed by atoms with Crippen LogP contribution in [0.15, 0.2) is 29.3 Å². The van der Waals surface area contributed by atoms with E-state index in [0.29, 0.717) is 18.9 Å². The molecule has 1 fully saturated rings. The molecule has 3 rings (SSSR count). The van der Waals surface area contributed by atoms with Gasteiger partial charge in [0.05, 0.1) is 0 Å². The van der Waals surface area contributed by atoms with Gasteiger partial charge in [0.15, 0.2) is 5.96 Å². The molecule has 2 unspecified atom stereocenters. The second-order valence-corrected chi connectivity index (χ2v) is 8.48.